The van der Waals surface area contributed by atoms with Crippen molar-refractivity contribution in [2.45, 2.75) is 13.0 Å². The van der Waals surface area contributed by atoms with E-state index in [0.29, 0.717) is 13.0 Å². The van der Waals surface area contributed by atoms with E-state index in [2.05, 4.69) is 20.3 Å². The first kappa shape index (κ1) is 19.4. The highest BCUT2D eigenvalue weighted by Crippen LogP contribution is 2.09. The van der Waals surface area contributed by atoms with Gasteiger partial charge in [0.1, 0.15) is 17.0 Å². The van der Waals surface area contributed by atoms with Gasteiger partial charge < -0.3 is 5.32 Å². The lowest BCUT2D eigenvalue weighted by atomic mass is 10.1. The van der Waals surface area contributed by atoms with Gasteiger partial charge in [-0.15, -0.1) is 0 Å². The minimum atomic E-state index is -0.694. The summed E-state index contributed by atoms with van der Waals surface area (Å²) in [5.41, 5.74) is -0.185. The van der Waals surface area contributed by atoms with E-state index in [1.54, 1.807) is 12.1 Å². The molecule has 4 rings (SSSR count). The Bertz CT molecular complexity index is 1330. The molecule has 2 aromatic carbocycles. The molecule has 4 aromatic rings. The van der Waals surface area contributed by atoms with Crippen LogP contribution in [0.15, 0.2) is 64.3 Å². The number of benzene rings is 2. The maximum Gasteiger partial charge on any atom is 0.330 e. The topological polar surface area (TPSA) is 92.7 Å². The van der Waals surface area contributed by atoms with Crippen LogP contribution >= 0.6 is 0 Å². The summed E-state index contributed by atoms with van der Waals surface area (Å²) in [6.45, 7) is 0.230. The van der Waals surface area contributed by atoms with Crippen molar-refractivity contribution in [3.63, 3.8) is 0 Å². The molecule has 30 heavy (non-hydrogen) atoms. The van der Waals surface area contributed by atoms with Crippen LogP contribution in [0.2, 0.25) is 0 Å². The molecule has 0 amide bonds. The highest BCUT2D eigenvalue weighted by atomic mass is 19.1. The zero-order valence-corrected chi connectivity index (χ0v) is 15.7. The molecule has 152 valence electrons. The molecule has 0 spiro atoms. The van der Waals surface area contributed by atoms with Gasteiger partial charge in [-0.2, -0.15) is 4.98 Å². The van der Waals surface area contributed by atoms with Gasteiger partial charge in [0.25, 0.3) is 5.56 Å². The molecule has 2 N–H and O–H groups in total. The van der Waals surface area contributed by atoms with Crippen LogP contribution in [0.4, 0.5) is 14.7 Å². The summed E-state index contributed by atoms with van der Waals surface area (Å²) in [6.07, 6.45) is 1.85. The number of anilines is 1. The predicted molar refractivity (Wildman–Crippen MR) is 109 cm³/mol. The maximum atomic E-state index is 13.9. The number of fused-ring (bicyclic) bond motifs is 1. The van der Waals surface area contributed by atoms with Gasteiger partial charge in [-0.25, -0.2) is 18.6 Å². The van der Waals surface area contributed by atoms with Crippen LogP contribution in [0, 0.1) is 11.6 Å². The van der Waals surface area contributed by atoms with E-state index in [4.69, 9.17) is 0 Å². The zero-order valence-electron chi connectivity index (χ0n) is 15.7. The van der Waals surface area contributed by atoms with E-state index in [1.165, 1.54) is 36.5 Å². The van der Waals surface area contributed by atoms with Gasteiger partial charge in [-0.05, 0) is 30.2 Å². The van der Waals surface area contributed by atoms with Gasteiger partial charge in [-0.1, -0.05) is 30.3 Å². The van der Waals surface area contributed by atoms with Gasteiger partial charge in [-0.3, -0.25) is 14.3 Å². The number of hydrogen-bond acceptors (Lipinski definition) is 5. The second-order valence-electron chi connectivity index (χ2n) is 6.68. The third-order valence-corrected chi connectivity index (χ3v) is 4.61. The van der Waals surface area contributed by atoms with Gasteiger partial charge in [0.15, 0.2) is 5.65 Å². The summed E-state index contributed by atoms with van der Waals surface area (Å²) < 4.78 is 28.0. The highest BCUT2D eigenvalue weighted by Gasteiger charge is 2.12. The molecule has 2 heterocycles. The molecule has 0 unspecified atom stereocenters. The Labute approximate surface area is 169 Å². The monoisotopic (exact) mass is 409 g/mol. The van der Waals surface area contributed by atoms with E-state index in [-0.39, 0.29) is 34.9 Å². The second kappa shape index (κ2) is 8.24. The van der Waals surface area contributed by atoms with Gasteiger partial charge >= 0.3 is 5.69 Å². The lowest BCUT2D eigenvalue weighted by Gasteiger charge is -2.08. The van der Waals surface area contributed by atoms with Crippen molar-refractivity contribution in [1.29, 1.82) is 0 Å². The fraction of sp³-hybridized carbons (Fsp3) is 0.143. The Morgan fingerprint density at radius 2 is 1.90 bits per heavy atom. The molecule has 0 radical (unpaired) electrons. The number of halogens is 2. The minimum absolute atomic E-state index is 0.0815. The van der Waals surface area contributed by atoms with E-state index < -0.39 is 17.1 Å². The summed E-state index contributed by atoms with van der Waals surface area (Å²) in [6, 6.07) is 12.2. The second-order valence-corrected chi connectivity index (χ2v) is 6.68. The number of aromatic amines is 1. The Morgan fingerprint density at radius 3 is 2.70 bits per heavy atom. The first-order chi connectivity index (χ1) is 14.5. The first-order valence-corrected chi connectivity index (χ1v) is 9.23. The molecule has 0 aliphatic rings. The molecule has 0 saturated heterocycles. The van der Waals surface area contributed by atoms with Crippen molar-refractivity contribution in [1.82, 2.24) is 19.5 Å². The smallest absolute Gasteiger partial charge is 0.330 e. The van der Waals surface area contributed by atoms with E-state index in [0.717, 1.165) is 10.1 Å². The van der Waals surface area contributed by atoms with Crippen LogP contribution in [0.25, 0.3) is 11.0 Å². The maximum absolute atomic E-state index is 13.9. The van der Waals surface area contributed by atoms with Crippen molar-refractivity contribution in [3.8, 4) is 0 Å². The predicted octanol–water partition coefficient (Wildman–Crippen LogP) is 2.46. The Kier molecular flexibility index (Phi) is 5.34. The first-order valence-electron chi connectivity index (χ1n) is 9.23. The summed E-state index contributed by atoms with van der Waals surface area (Å²) in [7, 11) is 0. The number of nitrogens with zero attached hydrogens (tertiary/aromatic N) is 3. The molecular formula is C21H17F2N5O2. The number of hydrogen-bond donors (Lipinski definition) is 2. The third kappa shape index (κ3) is 4.09. The molecule has 0 aliphatic carbocycles. The molecule has 0 aliphatic heterocycles. The Balaban J connectivity index is 1.56. The van der Waals surface area contributed by atoms with Crippen LogP contribution < -0.4 is 16.6 Å². The van der Waals surface area contributed by atoms with Crippen molar-refractivity contribution >= 4 is 17.0 Å². The molecule has 0 saturated carbocycles. The molecule has 0 bridgehead atoms. The number of aromatic nitrogens is 4. The van der Waals surface area contributed by atoms with Crippen molar-refractivity contribution in [2.24, 2.45) is 0 Å². The van der Waals surface area contributed by atoms with E-state index in [1.807, 2.05) is 6.07 Å². The largest absolute Gasteiger partial charge is 0.354 e. The lowest BCUT2D eigenvalue weighted by molar-refractivity contribution is 0.590. The summed E-state index contributed by atoms with van der Waals surface area (Å²) in [5.74, 6) is -0.586. The minimum Gasteiger partial charge on any atom is -0.354 e. The normalized spacial score (nSPS) is 11.0. The average Bonchev–Trinajstić information content (AvgIpc) is 2.72. The summed E-state index contributed by atoms with van der Waals surface area (Å²) >= 11 is 0. The van der Waals surface area contributed by atoms with Gasteiger partial charge in [0.05, 0.1) is 6.54 Å². The van der Waals surface area contributed by atoms with Crippen LogP contribution in [-0.2, 0) is 13.0 Å². The Hall–Kier alpha value is -3.88. The number of H-pyrrole nitrogens is 1. The van der Waals surface area contributed by atoms with Gasteiger partial charge in [0.2, 0.25) is 5.95 Å². The average molecular weight is 409 g/mol. The van der Waals surface area contributed by atoms with Crippen LogP contribution in [0.3, 0.4) is 0 Å². The molecule has 7 nitrogen and oxygen atoms in total. The number of rotatable bonds is 6. The Morgan fingerprint density at radius 1 is 1.07 bits per heavy atom. The molecule has 0 fully saturated rings. The van der Waals surface area contributed by atoms with E-state index >= 15 is 0 Å². The molecule has 2 aromatic heterocycles. The zero-order chi connectivity index (χ0) is 21.1. The van der Waals surface area contributed by atoms with E-state index in [9.17, 15) is 18.4 Å². The molecule has 0 atom stereocenters. The molecular weight excluding hydrogens is 392 g/mol. The lowest BCUT2D eigenvalue weighted by Crippen LogP contribution is -2.36. The van der Waals surface area contributed by atoms with Crippen LogP contribution in [0.5, 0.6) is 0 Å². The van der Waals surface area contributed by atoms with Crippen LogP contribution in [0.1, 0.15) is 11.1 Å². The molecule has 9 heteroatoms. The standard InChI is InChI=1S/C21H17F2N5O2/c22-15-6-3-4-13(10-15)8-9-24-20-25-11-16-18(26-20)27-21(30)28(19(16)29)12-14-5-1-2-7-17(14)23/h1-7,10-11H,8-9,12H2,(H2,24,25,26,27,30). The highest BCUT2D eigenvalue weighted by molar-refractivity contribution is 5.73. The van der Waals surface area contributed by atoms with Gasteiger partial charge in [0, 0.05) is 18.3 Å². The van der Waals surface area contributed by atoms with Crippen LogP contribution in [-0.4, -0.2) is 26.1 Å². The van der Waals surface area contributed by atoms with Crippen molar-refractivity contribution < 1.29 is 8.78 Å². The SMILES string of the molecule is O=c1[nH]c2nc(NCCc3cccc(F)c3)ncc2c(=O)n1Cc1ccccc1F. The summed E-state index contributed by atoms with van der Waals surface area (Å²) in [5, 5.41) is 3.09. The van der Waals surface area contributed by atoms with Crippen molar-refractivity contribution in [3.05, 3.63) is 98.3 Å². The van der Waals surface area contributed by atoms with Crippen molar-refractivity contribution in [2.75, 3.05) is 11.9 Å². The third-order valence-electron chi connectivity index (χ3n) is 4.61. The summed E-state index contributed by atoms with van der Waals surface area (Å²) in [4.78, 5) is 35.9. The number of nitrogens with one attached hydrogen (secondary N) is 2. The quantitative estimate of drug-likeness (QED) is 0.510. The fourth-order valence-corrected chi connectivity index (χ4v) is 3.08. The fourth-order valence-electron chi connectivity index (χ4n) is 3.08.